The van der Waals surface area contributed by atoms with Crippen molar-refractivity contribution < 1.29 is 27.1 Å². The molecular formula is C21H24F4N4O2. The van der Waals surface area contributed by atoms with Gasteiger partial charge in [-0.25, -0.2) is 9.38 Å². The molecule has 0 spiro atoms. The first kappa shape index (κ1) is 24.1. The second kappa shape index (κ2) is 11.9. The van der Waals surface area contributed by atoms with Crippen molar-refractivity contribution in [1.29, 1.82) is 0 Å². The molecule has 0 aliphatic heterocycles. The van der Waals surface area contributed by atoms with Gasteiger partial charge in [0.1, 0.15) is 12.4 Å². The van der Waals surface area contributed by atoms with Crippen LogP contribution in [0.25, 0.3) is 0 Å². The Balaban J connectivity index is 1.83. The number of rotatable bonds is 9. The number of aliphatic imine (C=N–C) groups is 1. The van der Waals surface area contributed by atoms with Crippen LogP contribution in [0.4, 0.5) is 23.2 Å². The minimum atomic E-state index is -4.35. The van der Waals surface area contributed by atoms with Crippen LogP contribution in [0.5, 0.6) is 0 Å². The molecule has 0 saturated carbocycles. The zero-order chi connectivity index (χ0) is 22.7. The molecular weight excluding hydrogens is 416 g/mol. The molecule has 0 saturated heterocycles. The minimum absolute atomic E-state index is 0.0716. The summed E-state index contributed by atoms with van der Waals surface area (Å²) in [6.45, 7) is 1.26. The van der Waals surface area contributed by atoms with E-state index in [2.05, 4.69) is 25.7 Å². The summed E-state index contributed by atoms with van der Waals surface area (Å²) in [5.41, 5.74) is 1.81. The number of anilines is 1. The summed E-state index contributed by atoms with van der Waals surface area (Å²) >= 11 is 0. The Labute approximate surface area is 177 Å². The van der Waals surface area contributed by atoms with Crippen molar-refractivity contribution in [2.24, 2.45) is 4.99 Å². The van der Waals surface area contributed by atoms with Crippen LogP contribution in [0.2, 0.25) is 0 Å². The highest BCUT2D eigenvalue weighted by Gasteiger charge is 2.27. The number of alkyl halides is 3. The molecule has 3 N–H and O–H groups in total. The monoisotopic (exact) mass is 440 g/mol. The molecule has 1 amide bonds. The van der Waals surface area contributed by atoms with Crippen LogP contribution >= 0.6 is 0 Å². The molecule has 2 rings (SSSR count). The predicted molar refractivity (Wildman–Crippen MR) is 110 cm³/mol. The molecule has 0 atom stereocenters. The number of nitrogens with one attached hydrogen (secondary N) is 3. The molecule has 0 aromatic heterocycles. The summed E-state index contributed by atoms with van der Waals surface area (Å²) in [5, 5.41) is 8.47. The van der Waals surface area contributed by atoms with Gasteiger partial charge in [-0.15, -0.1) is 0 Å². The Morgan fingerprint density at radius 1 is 1.06 bits per heavy atom. The van der Waals surface area contributed by atoms with E-state index < -0.39 is 18.6 Å². The van der Waals surface area contributed by atoms with E-state index in [4.69, 9.17) is 0 Å². The van der Waals surface area contributed by atoms with Gasteiger partial charge in [0, 0.05) is 12.2 Å². The third-order valence-corrected chi connectivity index (χ3v) is 3.85. The average molecular weight is 440 g/mol. The Morgan fingerprint density at radius 3 is 2.42 bits per heavy atom. The Bertz CT molecular complexity index is 870. The smallest absolute Gasteiger partial charge is 0.367 e. The largest absolute Gasteiger partial charge is 0.411 e. The fraction of sp³-hybridized carbons (Fsp3) is 0.333. The zero-order valence-electron chi connectivity index (χ0n) is 16.9. The second-order valence-electron chi connectivity index (χ2n) is 6.53. The van der Waals surface area contributed by atoms with Gasteiger partial charge in [-0.3, -0.25) is 4.79 Å². The Kier molecular flexibility index (Phi) is 9.26. The molecule has 6 nitrogen and oxygen atoms in total. The van der Waals surface area contributed by atoms with Crippen molar-refractivity contribution in [3.63, 3.8) is 0 Å². The first-order chi connectivity index (χ1) is 14.7. The van der Waals surface area contributed by atoms with Crippen molar-refractivity contribution in [1.82, 2.24) is 10.6 Å². The average Bonchev–Trinajstić information content (AvgIpc) is 2.70. The van der Waals surface area contributed by atoms with Crippen molar-refractivity contribution >= 4 is 17.6 Å². The number of carbonyl (C=O) groups is 1. The van der Waals surface area contributed by atoms with Crippen LogP contribution in [-0.2, 0) is 22.7 Å². The van der Waals surface area contributed by atoms with E-state index in [-0.39, 0.29) is 19.1 Å². The van der Waals surface area contributed by atoms with E-state index in [1.165, 1.54) is 18.2 Å². The van der Waals surface area contributed by atoms with Gasteiger partial charge in [-0.05, 0) is 36.2 Å². The number of ether oxygens (including phenoxy) is 1. The first-order valence-corrected chi connectivity index (χ1v) is 9.55. The van der Waals surface area contributed by atoms with E-state index in [1.54, 1.807) is 30.3 Å². The quantitative estimate of drug-likeness (QED) is 0.317. The number of hydrogen-bond acceptors (Lipinski definition) is 3. The van der Waals surface area contributed by atoms with Gasteiger partial charge in [0.05, 0.1) is 19.7 Å². The SMILES string of the molecule is CCNC(=NCc1ccc(COCC(F)(F)F)cc1)NCC(=O)Nc1cccc(F)c1. The summed E-state index contributed by atoms with van der Waals surface area (Å²) in [6.07, 6.45) is -4.35. The maximum absolute atomic E-state index is 13.2. The summed E-state index contributed by atoms with van der Waals surface area (Å²) < 4.78 is 54.1. The van der Waals surface area contributed by atoms with Crippen molar-refractivity contribution in [3.05, 3.63) is 65.5 Å². The molecule has 0 radical (unpaired) electrons. The number of carbonyl (C=O) groups excluding carboxylic acids is 1. The van der Waals surface area contributed by atoms with Crippen LogP contribution < -0.4 is 16.0 Å². The lowest BCUT2D eigenvalue weighted by Gasteiger charge is -2.12. The fourth-order valence-electron chi connectivity index (χ4n) is 2.47. The maximum atomic E-state index is 13.2. The molecule has 0 heterocycles. The lowest BCUT2D eigenvalue weighted by molar-refractivity contribution is -0.176. The third-order valence-electron chi connectivity index (χ3n) is 3.85. The number of nitrogens with zero attached hydrogens (tertiary/aromatic N) is 1. The number of benzene rings is 2. The second-order valence-corrected chi connectivity index (χ2v) is 6.53. The van der Waals surface area contributed by atoms with Crippen molar-refractivity contribution in [3.8, 4) is 0 Å². The number of hydrogen-bond donors (Lipinski definition) is 3. The topological polar surface area (TPSA) is 74.8 Å². The number of halogens is 4. The van der Waals surface area contributed by atoms with Gasteiger partial charge in [-0.1, -0.05) is 30.3 Å². The van der Waals surface area contributed by atoms with Gasteiger partial charge in [-0.2, -0.15) is 13.2 Å². The normalized spacial score (nSPS) is 11.8. The van der Waals surface area contributed by atoms with Crippen molar-refractivity contribution in [2.75, 3.05) is 25.0 Å². The lowest BCUT2D eigenvalue weighted by atomic mass is 10.1. The zero-order valence-corrected chi connectivity index (χ0v) is 16.9. The van der Waals surface area contributed by atoms with E-state index >= 15 is 0 Å². The minimum Gasteiger partial charge on any atom is -0.367 e. The Morgan fingerprint density at radius 2 is 1.77 bits per heavy atom. The van der Waals surface area contributed by atoms with Crippen molar-refractivity contribution in [2.45, 2.75) is 26.3 Å². The molecule has 10 heteroatoms. The third kappa shape index (κ3) is 9.94. The molecule has 0 fully saturated rings. The predicted octanol–water partition coefficient (Wildman–Crippen LogP) is 3.60. The molecule has 0 aliphatic carbocycles. The fourth-order valence-corrected chi connectivity index (χ4v) is 2.47. The highest BCUT2D eigenvalue weighted by atomic mass is 19.4. The van der Waals surface area contributed by atoms with Crippen LogP contribution in [-0.4, -0.2) is 37.7 Å². The molecule has 2 aromatic rings. The van der Waals surface area contributed by atoms with Gasteiger partial charge in [0.15, 0.2) is 5.96 Å². The first-order valence-electron chi connectivity index (χ1n) is 9.55. The van der Waals surface area contributed by atoms with Crippen LogP contribution in [0, 0.1) is 5.82 Å². The molecule has 2 aromatic carbocycles. The van der Waals surface area contributed by atoms with E-state index in [1.807, 2.05) is 6.92 Å². The molecule has 0 unspecified atom stereocenters. The number of amides is 1. The van der Waals surface area contributed by atoms with E-state index in [0.29, 0.717) is 30.3 Å². The highest BCUT2D eigenvalue weighted by molar-refractivity contribution is 5.94. The summed E-state index contributed by atoms with van der Waals surface area (Å²) in [5.74, 6) is -0.396. The maximum Gasteiger partial charge on any atom is 0.411 e. The van der Waals surface area contributed by atoms with Gasteiger partial charge < -0.3 is 20.7 Å². The van der Waals surface area contributed by atoms with Crippen LogP contribution in [0.3, 0.4) is 0 Å². The Hall–Kier alpha value is -3.14. The van der Waals surface area contributed by atoms with E-state index in [0.717, 1.165) is 5.56 Å². The van der Waals surface area contributed by atoms with Crippen LogP contribution in [0.15, 0.2) is 53.5 Å². The van der Waals surface area contributed by atoms with Crippen LogP contribution in [0.1, 0.15) is 18.1 Å². The molecule has 0 aliphatic rings. The highest BCUT2D eigenvalue weighted by Crippen LogP contribution is 2.16. The summed E-state index contributed by atoms with van der Waals surface area (Å²) in [7, 11) is 0. The lowest BCUT2D eigenvalue weighted by Crippen LogP contribution is -2.41. The van der Waals surface area contributed by atoms with Gasteiger partial charge >= 0.3 is 6.18 Å². The molecule has 31 heavy (non-hydrogen) atoms. The van der Waals surface area contributed by atoms with Gasteiger partial charge in [0.2, 0.25) is 5.91 Å². The summed E-state index contributed by atoms with van der Waals surface area (Å²) in [4.78, 5) is 16.4. The molecule has 0 bridgehead atoms. The van der Waals surface area contributed by atoms with E-state index in [9.17, 15) is 22.4 Å². The standard InChI is InChI=1S/C21H24F4N4O2/c1-2-26-20(28-12-19(30)29-18-5-3-4-17(22)10-18)27-11-15-6-8-16(9-7-15)13-31-14-21(23,24)25/h3-10H,2,11-14H2,1H3,(H,29,30)(H2,26,27,28). The van der Waals surface area contributed by atoms with Gasteiger partial charge in [0.25, 0.3) is 0 Å². The molecule has 168 valence electrons. The number of guanidine groups is 1. The summed E-state index contributed by atoms with van der Waals surface area (Å²) in [6, 6.07) is 12.4.